The van der Waals surface area contributed by atoms with Crippen molar-refractivity contribution in [2.75, 3.05) is 5.32 Å². The van der Waals surface area contributed by atoms with E-state index in [9.17, 15) is 0 Å². The summed E-state index contributed by atoms with van der Waals surface area (Å²) in [6.45, 7) is 0. The predicted octanol–water partition coefficient (Wildman–Crippen LogP) is 4.52. The van der Waals surface area contributed by atoms with Crippen LogP contribution in [-0.2, 0) is 0 Å². The summed E-state index contributed by atoms with van der Waals surface area (Å²) in [5, 5.41) is 5.50. The van der Waals surface area contributed by atoms with E-state index in [-0.39, 0.29) is 0 Å². The molecule has 0 bridgehead atoms. The fraction of sp³-hybridized carbons (Fsp3) is 0. The van der Waals surface area contributed by atoms with E-state index >= 15 is 0 Å². The Hall–Kier alpha value is -2.33. The number of H-pyrrole nitrogens is 1. The number of fused-ring (bicyclic) bond motifs is 2. The number of nitrogens with one attached hydrogen (secondary N) is 2. The molecule has 19 heavy (non-hydrogen) atoms. The van der Waals surface area contributed by atoms with E-state index in [1.54, 1.807) is 11.3 Å². The first-order chi connectivity index (χ1) is 9.40. The van der Waals surface area contributed by atoms with Gasteiger partial charge in [-0.1, -0.05) is 41.7 Å². The maximum absolute atomic E-state index is 4.59. The molecular formula is C15H11N3S. The molecule has 4 heteroatoms. The summed E-state index contributed by atoms with van der Waals surface area (Å²) in [7, 11) is 0. The minimum Gasteiger partial charge on any atom is -0.359 e. The smallest absolute Gasteiger partial charge is 0.188 e. The van der Waals surface area contributed by atoms with Gasteiger partial charge >= 0.3 is 0 Å². The number of para-hydroxylation sites is 2. The number of aromatic nitrogens is 2. The number of aromatic amines is 1. The molecule has 2 aromatic heterocycles. The maximum atomic E-state index is 4.59. The minimum atomic E-state index is 0.922. The van der Waals surface area contributed by atoms with Crippen LogP contribution in [0.3, 0.4) is 0 Å². The van der Waals surface area contributed by atoms with Crippen molar-refractivity contribution in [3.05, 3.63) is 54.7 Å². The fourth-order valence-electron chi connectivity index (χ4n) is 2.22. The molecule has 0 saturated heterocycles. The van der Waals surface area contributed by atoms with Crippen molar-refractivity contribution in [1.29, 1.82) is 0 Å². The highest BCUT2D eigenvalue weighted by Crippen LogP contribution is 2.31. The van der Waals surface area contributed by atoms with Gasteiger partial charge in [0, 0.05) is 17.1 Å². The second-order valence-electron chi connectivity index (χ2n) is 4.36. The van der Waals surface area contributed by atoms with Crippen molar-refractivity contribution < 1.29 is 0 Å². The van der Waals surface area contributed by atoms with Crippen LogP contribution in [-0.4, -0.2) is 9.97 Å². The molecule has 2 heterocycles. The average Bonchev–Trinajstić information content (AvgIpc) is 3.03. The van der Waals surface area contributed by atoms with Crippen molar-refractivity contribution in [3.8, 4) is 0 Å². The lowest BCUT2D eigenvalue weighted by atomic mass is 10.2. The lowest BCUT2D eigenvalue weighted by Crippen LogP contribution is -1.86. The molecular weight excluding hydrogens is 254 g/mol. The van der Waals surface area contributed by atoms with Gasteiger partial charge in [0.15, 0.2) is 5.13 Å². The SMILES string of the molecule is c1ccc2sc(Nc3c[nH]c4ccccc34)nc2c1. The van der Waals surface area contributed by atoms with Crippen molar-refractivity contribution in [2.45, 2.75) is 0 Å². The summed E-state index contributed by atoms with van der Waals surface area (Å²) in [6.07, 6.45) is 1.98. The molecule has 4 rings (SSSR count). The van der Waals surface area contributed by atoms with Crippen LogP contribution in [0.25, 0.3) is 21.1 Å². The van der Waals surface area contributed by atoms with E-state index in [0.717, 1.165) is 21.9 Å². The maximum Gasteiger partial charge on any atom is 0.188 e. The molecule has 0 atom stereocenters. The Labute approximate surface area is 113 Å². The highest BCUT2D eigenvalue weighted by Gasteiger charge is 2.06. The minimum absolute atomic E-state index is 0.922. The van der Waals surface area contributed by atoms with E-state index < -0.39 is 0 Å². The Morgan fingerprint density at radius 3 is 2.79 bits per heavy atom. The highest BCUT2D eigenvalue weighted by molar-refractivity contribution is 7.22. The topological polar surface area (TPSA) is 40.7 Å². The van der Waals surface area contributed by atoms with Gasteiger partial charge in [0.1, 0.15) is 0 Å². The number of anilines is 2. The average molecular weight is 265 g/mol. The Morgan fingerprint density at radius 1 is 1.00 bits per heavy atom. The Morgan fingerprint density at radius 2 is 1.84 bits per heavy atom. The van der Waals surface area contributed by atoms with Crippen LogP contribution in [0.4, 0.5) is 10.8 Å². The first-order valence-corrected chi connectivity index (χ1v) is 6.90. The molecule has 0 spiro atoms. The van der Waals surface area contributed by atoms with Gasteiger partial charge in [0.25, 0.3) is 0 Å². The van der Waals surface area contributed by atoms with Crippen LogP contribution in [0.15, 0.2) is 54.7 Å². The van der Waals surface area contributed by atoms with Crippen LogP contribution in [0, 0.1) is 0 Å². The number of hydrogen-bond donors (Lipinski definition) is 2. The molecule has 0 amide bonds. The number of benzene rings is 2. The van der Waals surface area contributed by atoms with E-state index in [2.05, 4.69) is 33.5 Å². The summed E-state index contributed by atoms with van der Waals surface area (Å²) in [6, 6.07) is 16.4. The molecule has 2 aromatic carbocycles. The van der Waals surface area contributed by atoms with Crippen molar-refractivity contribution in [1.82, 2.24) is 9.97 Å². The molecule has 0 aliphatic rings. The standard InChI is InChI=1S/C15H11N3S/c1-2-6-11-10(5-1)13(9-16-11)18-15-17-12-7-3-4-8-14(12)19-15/h1-9,16H,(H,17,18). The first kappa shape index (κ1) is 10.6. The van der Waals surface area contributed by atoms with Gasteiger partial charge in [-0.25, -0.2) is 4.98 Å². The third-order valence-electron chi connectivity index (χ3n) is 3.12. The quantitative estimate of drug-likeness (QED) is 0.559. The lowest BCUT2D eigenvalue weighted by Gasteiger charge is -1.99. The van der Waals surface area contributed by atoms with Gasteiger partial charge in [-0.05, 0) is 18.2 Å². The monoisotopic (exact) mass is 265 g/mol. The fourth-order valence-corrected chi connectivity index (χ4v) is 3.09. The van der Waals surface area contributed by atoms with Crippen LogP contribution in [0.5, 0.6) is 0 Å². The van der Waals surface area contributed by atoms with Crippen molar-refractivity contribution in [2.24, 2.45) is 0 Å². The third-order valence-corrected chi connectivity index (χ3v) is 4.08. The molecule has 0 saturated carbocycles. The summed E-state index contributed by atoms with van der Waals surface area (Å²) >= 11 is 1.67. The Bertz CT molecular complexity index is 827. The Kier molecular flexibility index (Phi) is 2.28. The molecule has 0 aliphatic heterocycles. The number of thiazole rings is 1. The van der Waals surface area contributed by atoms with Gasteiger partial charge in [0.05, 0.1) is 15.9 Å². The predicted molar refractivity (Wildman–Crippen MR) is 81.2 cm³/mol. The third kappa shape index (κ3) is 1.77. The number of nitrogens with zero attached hydrogens (tertiary/aromatic N) is 1. The van der Waals surface area contributed by atoms with E-state index in [0.29, 0.717) is 0 Å². The molecule has 0 radical (unpaired) electrons. The second kappa shape index (κ2) is 4.10. The molecule has 3 nitrogen and oxygen atoms in total. The lowest BCUT2D eigenvalue weighted by molar-refractivity contribution is 1.43. The molecule has 4 aromatic rings. The van der Waals surface area contributed by atoms with E-state index in [1.165, 1.54) is 10.1 Å². The molecule has 92 valence electrons. The summed E-state index contributed by atoms with van der Waals surface area (Å²) < 4.78 is 1.20. The summed E-state index contributed by atoms with van der Waals surface area (Å²) in [5.74, 6) is 0. The van der Waals surface area contributed by atoms with Gasteiger partial charge in [-0.2, -0.15) is 0 Å². The van der Waals surface area contributed by atoms with E-state index in [4.69, 9.17) is 0 Å². The second-order valence-corrected chi connectivity index (χ2v) is 5.39. The zero-order valence-electron chi connectivity index (χ0n) is 10.1. The van der Waals surface area contributed by atoms with Crippen molar-refractivity contribution in [3.63, 3.8) is 0 Å². The van der Waals surface area contributed by atoms with Crippen molar-refractivity contribution >= 4 is 43.3 Å². The van der Waals surface area contributed by atoms with Gasteiger partial charge < -0.3 is 10.3 Å². The van der Waals surface area contributed by atoms with Crippen LogP contribution < -0.4 is 5.32 Å². The summed E-state index contributed by atoms with van der Waals surface area (Å²) in [5.41, 5.74) is 3.23. The number of rotatable bonds is 2. The van der Waals surface area contributed by atoms with Crippen LogP contribution in [0.2, 0.25) is 0 Å². The van der Waals surface area contributed by atoms with Gasteiger partial charge in [-0.15, -0.1) is 0 Å². The Balaban J connectivity index is 1.78. The molecule has 0 aliphatic carbocycles. The molecule has 0 unspecified atom stereocenters. The zero-order valence-corrected chi connectivity index (χ0v) is 10.9. The van der Waals surface area contributed by atoms with Crippen LogP contribution in [0.1, 0.15) is 0 Å². The molecule has 0 fully saturated rings. The van der Waals surface area contributed by atoms with Crippen LogP contribution >= 0.6 is 11.3 Å². The largest absolute Gasteiger partial charge is 0.359 e. The normalized spacial score (nSPS) is 11.2. The number of hydrogen-bond acceptors (Lipinski definition) is 3. The zero-order chi connectivity index (χ0) is 12.7. The molecule has 2 N–H and O–H groups in total. The van der Waals surface area contributed by atoms with Gasteiger partial charge in [-0.3, -0.25) is 0 Å². The highest BCUT2D eigenvalue weighted by atomic mass is 32.1. The first-order valence-electron chi connectivity index (χ1n) is 6.09. The van der Waals surface area contributed by atoms with Gasteiger partial charge in [0.2, 0.25) is 0 Å². The summed E-state index contributed by atoms with van der Waals surface area (Å²) in [4.78, 5) is 7.84. The van der Waals surface area contributed by atoms with E-state index in [1.807, 2.05) is 36.5 Å².